The lowest BCUT2D eigenvalue weighted by Gasteiger charge is -2.22. The maximum absolute atomic E-state index is 12.9. The SMILES string of the molecule is Cn1ccnc1S(=O)(=O)N1CC2CN(c3nc4ccccc4n3C)CC2C1. The second-order valence-electron chi connectivity index (χ2n) is 7.53. The third-order valence-corrected chi connectivity index (χ3v) is 7.68. The molecule has 142 valence electrons. The number of para-hydroxylation sites is 2. The molecule has 0 bridgehead atoms. The highest BCUT2D eigenvalue weighted by Gasteiger charge is 2.46. The smallest absolute Gasteiger partial charge is 0.277 e. The Bertz CT molecular complexity index is 1100. The molecule has 0 amide bonds. The van der Waals surface area contributed by atoms with Crippen molar-refractivity contribution in [3.05, 3.63) is 36.7 Å². The van der Waals surface area contributed by atoms with Gasteiger partial charge in [0.25, 0.3) is 10.0 Å². The minimum Gasteiger partial charge on any atom is -0.342 e. The summed E-state index contributed by atoms with van der Waals surface area (Å²) in [6.45, 7) is 2.74. The van der Waals surface area contributed by atoms with E-state index in [2.05, 4.69) is 20.5 Å². The number of benzene rings is 1. The molecule has 2 unspecified atom stereocenters. The molecule has 2 aromatic heterocycles. The van der Waals surface area contributed by atoms with Gasteiger partial charge in [-0.3, -0.25) is 0 Å². The zero-order valence-electron chi connectivity index (χ0n) is 15.4. The van der Waals surface area contributed by atoms with Gasteiger partial charge in [0.05, 0.1) is 11.0 Å². The summed E-state index contributed by atoms with van der Waals surface area (Å²) in [6.07, 6.45) is 3.19. The molecule has 0 aliphatic carbocycles. The van der Waals surface area contributed by atoms with Crippen molar-refractivity contribution in [3.63, 3.8) is 0 Å². The molecule has 0 N–H and O–H groups in total. The Hall–Kier alpha value is -2.39. The molecule has 5 rings (SSSR count). The summed E-state index contributed by atoms with van der Waals surface area (Å²) >= 11 is 0. The summed E-state index contributed by atoms with van der Waals surface area (Å²) in [6, 6.07) is 8.12. The normalized spacial score (nSPS) is 23.4. The van der Waals surface area contributed by atoms with Crippen LogP contribution in [0.1, 0.15) is 0 Å². The maximum atomic E-state index is 12.9. The van der Waals surface area contributed by atoms with Gasteiger partial charge >= 0.3 is 0 Å². The minimum atomic E-state index is -3.53. The summed E-state index contributed by atoms with van der Waals surface area (Å²) in [7, 11) is 0.218. The van der Waals surface area contributed by atoms with Crippen molar-refractivity contribution < 1.29 is 8.42 Å². The van der Waals surface area contributed by atoms with Crippen LogP contribution in [0.5, 0.6) is 0 Å². The molecule has 2 aliphatic rings. The summed E-state index contributed by atoms with van der Waals surface area (Å²) in [5.74, 6) is 1.60. The van der Waals surface area contributed by atoms with Gasteiger partial charge in [-0.05, 0) is 24.0 Å². The fourth-order valence-corrected chi connectivity index (χ4v) is 6.07. The van der Waals surface area contributed by atoms with Crippen molar-refractivity contribution in [2.45, 2.75) is 5.16 Å². The summed E-state index contributed by atoms with van der Waals surface area (Å²) in [5.41, 5.74) is 2.11. The number of sulfonamides is 1. The monoisotopic (exact) mass is 386 g/mol. The molecule has 2 aliphatic heterocycles. The van der Waals surface area contributed by atoms with E-state index in [9.17, 15) is 8.42 Å². The number of hydrogen-bond donors (Lipinski definition) is 0. The fraction of sp³-hybridized carbons (Fsp3) is 0.444. The van der Waals surface area contributed by atoms with Crippen LogP contribution in [-0.4, -0.2) is 58.0 Å². The van der Waals surface area contributed by atoms with E-state index in [0.717, 1.165) is 30.1 Å². The molecule has 2 atom stereocenters. The van der Waals surface area contributed by atoms with E-state index in [1.165, 1.54) is 6.20 Å². The van der Waals surface area contributed by atoms with Gasteiger partial charge in [0.1, 0.15) is 0 Å². The van der Waals surface area contributed by atoms with Crippen LogP contribution in [0.2, 0.25) is 0 Å². The average molecular weight is 386 g/mol. The lowest BCUT2D eigenvalue weighted by molar-refractivity contribution is 0.443. The van der Waals surface area contributed by atoms with Gasteiger partial charge in [-0.2, -0.15) is 4.31 Å². The van der Waals surface area contributed by atoms with E-state index in [4.69, 9.17) is 4.98 Å². The van der Waals surface area contributed by atoms with E-state index >= 15 is 0 Å². The first-order chi connectivity index (χ1) is 12.9. The predicted octanol–water partition coefficient (Wildman–Crippen LogP) is 1.06. The molecule has 0 radical (unpaired) electrons. The molecule has 8 nitrogen and oxygen atoms in total. The van der Waals surface area contributed by atoms with Crippen molar-refractivity contribution in [1.82, 2.24) is 23.4 Å². The predicted molar refractivity (Wildman–Crippen MR) is 102 cm³/mol. The lowest BCUT2D eigenvalue weighted by Crippen LogP contribution is -2.35. The van der Waals surface area contributed by atoms with E-state index in [0.29, 0.717) is 24.9 Å². The standard InChI is InChI=1S/C18H22N6O2S/c1-21-8-7-19-18(21)27(25,26)24-11-13-9-23(10-14(13)12-24)17-20-15-5-3-4-6-16(15)22(17)2/h3-8,13-14H,9-12H2,1-2H3. The van der Waals surface area contributed by atoms with Crippen LogP contribution in [0.3, 0.4) is 0 Å². The Kier molecular flexibility index (Phi) is 3.60. The Morgan fingerprint density at radius 3 is 2.37 bits per heavy atom. The third-order valence-electron chi connectivity index (χ3n) is 5.85. The first-order valence-corrected chi connectivity index (χ1v) is 10.5. The van der Waals surface area contributed by atoms with Gasteiger partial charge in [0, 0.05) is 52.7 Å². The van der Waals surface area contributed by atoms with Crippen LogP contribution < -0.4 is 4.90 Å². The number of hydrogen-bond acceptors (Lipinski definition) is 5. The molecule has 1 aromatic carbocycles. The van der Waals surface area contributed by atoms with Gasteiger partial charge < -0.3 is 14.0 Å². The number of anilines is 1. The third kappa shape index (κ3) is 2.49. The van der Waals surface area contributed by atoms with Crippen LogP contribution in [0.4, 0.5) is 5.95 Å². The number of rotatable bonds is 3. The number of imidazole rings is 2. The molecular formula is C18H22N6O2S. The van der Waals surface area contributed by atoms with E-state index in [1.54, 1.807) is 22.1 Å². The van der Waals surface area contributed by atoms with Crippen molar-refractivity contribution in [3.8, 4) is 0 Å². The highest BCUT2D eigenvalue weighted by Crippen LogP contribution is 2.36. The van der Waals surface area contributed by atoms with E-state index in [1.807, 2.05) is 25.2 Å². The van der Waals surface area contributed by atoms with E-state index < -0.39 is 10.0 Å². The second kappa shape index (κ2) is 5.80. The first kappa shape index (κ1) is 16.8. The number of nitrogens with zero attached hydrogens (tertiary/aromatic N) is 6. The topological polar surface area (TPSA) is 76.3 Å². The molecule has 9 heteroatoms. The van der Waals surface area contributed by atoms with Gasteiger partial charge in [-0.25, -0.2) is 18.4 Å². The molecule has 2 saturated heterocycles. The quantitative estimate of drug-likeness (QED) is 0.673. The Labute approximate surface area is 158 Å². The number of fused-ring (bicyclic) bond motifs is 2. The average Bonchev–Trinajstić information content (AvgIpc) is 3.37. The van der Waals surface area contributed by atoms with Crippen LogP contribution in [0.25, 0.3) is 11.0 Å². The molecule has 4 heterocycles. The molecular weight excluding hydrogens is 364 g/mol. The zero-order valence-corrected chi connectivity index (χ0v) is 16.2. The van der Waals surface area contributed by atoms with Gasteiger partial charge in [0.2, 0.25) is 11.1 Å². The zero-order chi connectivity index (χ0) is 18.8. The largest absolute Gasteiger partial charge is 0.342 e. The highest BCUT2D eigenvalue weighted by molar-refractivity contribution is 7.89. The second-order valence-corrected chi connectivity index (χ2v) is 9.36. The maximum Gasteiger partial charge on any atom is 0.277 e. The number of aromatic nitrogens is 4. The van der Waals surface area contributed by atoms with Crippen LogP contribution in [0, 0.1) is 11.8 Å². The van der Waals surface area contributed by atoms with Gasteiger partial charge in [-0.1, -0.05) is 12.1 Å². The van der Waals surface area contributed by atoms with Crippen molar-refractivity contribution >= 4 is 27.0 Å². The molecule has 0 saturated carbocycles. The molecule has 27 heavy (non-hydrogen) atoms. The molecule has 3 aromatic rings. The Morgan fingerprint density at radius 2 is 1.74 bits per heavy atom. The Morgan fingerprint density at radius 1 is 1.04 bits per heavy atom. The van der Waals surface area contributed by atoms with Crippen molar-refractivity contribution in [1.29, 1.82) is 0 Å². The van der Waals surface area contributed by atoms with Crippen LogP contribution in [0.15, 0.2) is 41.8 Å². The first-order valence-electron chi connectivity index (χ1n) is 9.09. The van der Waals surface area contributed by atoms with Gasteiger partial charge in [0.15, 0.2) is 0 Å². The van der Waals surface area contributed by atoms with E-state index in [-0.39, 0.29) is 5.16 Å². The Balaban J connectivity index is 1.36. The fourth-order valence-electron chi connectivity index (χ4n) is 4.44. The van der Waals surface area contributed by atoms with Crippen LogP contribution >= 0.6 is 0 Å². The van der Waals surface area contributed by atoms with Crippen LogP contribution in [-0.2, 0) is 24.1 Å². The minimum absolute atomic E-state index is 0.120. The van der Waals surface area contributed by atoms with Crippen molar-refractivity contribution in [2.75, 3.05) is 31.1 Å². The van der Waals surface area contributed by atoms with Crippen molar-refractivity contribution in [2.24, 2.45) is 25.9 Å². The summed E-state index contributed by atoms with van der Waals surface area (Å²) < 4.78 is 31.0. The van der Waals surface area contributed by atoms with Gasteiger partial charge in [-0.15, -0.1) is 0 Å². The lowest BCUT2D eigenvalue weighted by atomic mass is 10.0. The summed E-state index contributed by atoms with van der Waals surface area (Å²) in [5, 5.41) is 0.120. The summed E-state index contributed by atoms with van der Waals surface area (Å²) in [4.78, 5) is 11.1. The highest BCUT2D eigenvalue weighted by atomic mass is 32.2. The number of aryl methyl sites for hydroxylation is 2. The molecule has 2 fully saturated rings. The molecule has 0 spiro atoms.